The van der Waals surface area contributed by atoms with Crippen molar-refractivity contribution in [1.29, 1.82) is 0 Å². The van der Waals surface area contributed by atoms with Crippen molar-refractivity contribution in [3.63, 3.8) is 0 Å². The molecule has 0 aliphatic rings. The second-order valence-corrected chi connectivity index (χ2v) is 5.23. The van der Waals surface area contributed by atoms with Crippen LogP contribution in [0.1, 0.15) is 25.8 Å². The van der Waals surface area contributed by atoms with Gasteiger partial charge in [0, 0.05) is 32.8 Å². The van der Waals surface area contributed by atoms with E-state index >= 15 is 0 Å². The molecule has 0 unspecified atom stereocenters. The van der Waals surface area contributed by atoms with Crippen LogP contribution in [0.2, 0.25) is 5.02 Å². The van der Waals surface area contributed by atoms with Crippen molar-refractivity contribution in [2.45, 2.75) is 32.9 Å². The van der Waals surface area contributed by atoms with E-state index in [1.165, 1.54) is 5.56 Å². The van der Waals surface area contributed by atoms with Crippen LogP contribution in [0.5, 0.6) is 0 Å². The molecule has 0 aliphatic carbocycles. The van der Waals surface area contributed by atoms with Crippen molar-refractivity contribution in [1.82, 2.24) is 5.32 Å². The lowest BCUT2D eigenvalue weighted by atomic mass is 10.2. The van der Waals surface area contributed by atoms with Crippen molar-refractivity contribution in [2.75, 3.05) is 25.1 Å². The van der Waals surface area contributed by atoms with Gasteiger partial charge in [-0.05, 0) is 24.1 Å². The molecule has 0 spiro atoms. The summed E-state index contributed by atoms with van der Waals surface area (Å²) in [5.74, 6) is 0. The summed E-state index contributed by atoms with van der Waals surface area (Å²) in [5, 5.41) is 13.0. The standard InChI is InChI=1S/C14H23ClN2O/c1-11(2)16-10-12-5-6-14(13(15)9-12)17(3)7-4-8-18/h5-6,9,11,16,18H,4,7-8,10H2,1-3H3. The van der Waals surface area contributed by atoms with Crippen molar-refractivity contribution >= 4 is 17.3 Å². The maximum atomic E-state index is 8.83. The average Bonchev–Trinajstić information content (AvgIpc) is 2.33. The predicted octanol–water partition coefficient (Wildman–Crippen LogP) is 2.66. The van der Waals surface area contributed by atoms with Crippen molar-refractivity contribution < 1.29 is 5.11 Å². The molecule has 0 bridgehead atoms. The zero-order valence-electron chi connectivity index (χ0n) is 11.4. The molecule has 0 heterocycles. The fourth-order valence-corrected chi connectivity index (χ4v) is 2.07. The molecule has 18 heavy (non-hydrogen) atoms. The van der Waals surface area contributed by atoms with Gasteiger partial charge in [-0.1, -0.05) is 31.5 Å². The molecule has 0 saturated heterocycles. The molecule has 0 aliphatic heterocycles. The average molecular weight is 271 g/mol. The molecule has 1 rings (SSSR count). The SMILES string of the molecule is CC(C)NCc1ccc(N(C)CCCO)c(Cl)c1. The zero-order chi connectivity index (χ0) is 13.5. The number of benzene rings is 1. The Labute approximate surface area is 115 Å². The summed E-state index contributed by atoms with van der Waals surface area (Å²) in [4.78, 5) is 2.07. The minimum atomic E-state index is 0.207. The quantitative estimate of drug-likeness (QED) is 0.800. The molecule has 1 aromatic carbocycles. The lowest BCUT2D eigenvalue weighted by Gasteiger charge is -2.20. The van der Waals surface area contributed by atoms with Gasteiger partial charge in [-0.25, -0.2) is 0 Å². The maximum Gasteiger partial charge on any atom is 0.0642 e. The van der Waals surface area contributed by atoms with E-state index < -0.39 is 0 Å². The third-order valence-electron chi connectivity index (χ3n) is 2.79. The minimum absolute atomic E-state index is 0.207. The van der Waals surface area contributed by atoms with Crippen molar-refractivity contribution in [3.8, 4) is 0 Å². The third kappa shape index (κ3) is 4.84. The Morgan fingerprint density at radius 2 is 2.11 bits per heavy atom. The fourth-order valence-electron chi connectivity index (χ4n) is 1.72. The Morgan fingerprint density at radius 1 is 1.39 bits per heavy atom. The van der Waals surface area contributed by atoms with Crippen LogP contribution in [0.15, 0.2) is 18.2 Å². The van der Waals surface area contributed by atoms with Gasteiger partial charge in [0.1, 0.15) is 0 Å². The molecule has 0 radical (unpaired) electrons. The fraction of sp³-hybridized carbons (Fsp3) is 0.571. The Bertz CT molecular complexity index is 369. The Hall–Kier alpha value is -0.770. The largest absolute Gasteiger partial charge is 0.396 e. The van der Waals surface area contributed by atoms with Crippen LogP contribution in [-0.4, -0.2) is 31.3 Å². The number of aliphatic hydroxyl groups excluding tert-OH is 1. The number of nitrogens with zero attached hydrogens (tertiary/aromatic N) is 1. The summed E-state index contributed by atoms with van der Waals surface area (Å²) in [5.41, 5.74) is 2.20. The van der Waals surface area contributed by atoms with E-state index in [0.29, 0.717) is 6.04 Å². The van der Waals surface area contributed by atoms with Crippen LogP contribution in [0, 0.1) is 0 Å². The second kappa shape index (κ2) is 7.62. The summed E-state index contributed by atoms with van der Waals surface area (Å²) < 4.78 is 0. The number of anilines is 1. The Balaban J connectivity index is 2.66. The summed E-state index contributed by atoms with van der Waals surface area (Å²) in [6.45, 7) is 6.09. The van der Waals surface area contributed by atoms with Crippen LogP contribution in [0.4, 0.5) is 5.69 Å². The monoisotopic (exact) mass is 270 g/mol. The van der Waals surface area contributed by atoms with Crippen LogP contribution in [-0.2, 0) is 6.54 Å². The molecule has 0 fully saturated rings. The van der Waals surface area contributed by atoms with Crippen molar-refractivity contribution in [2.24, 2.45) is 0 Å². The van der Waals surface area contributed by atoms with E-state index in [2.05, 4.69) is 30.1 Å². The lowest BCUT2D eigenvalue weighted by molar-refractivity contribution is 0.290. The van der Waals surface area contributed by atoms with Gasteiger partial charge >= 0.3 is 0 Å². The first kappa shape index (κ1) is 15.3. The molecule has 1 aromatic rings. The Kier molecular flexibility index (Phi) is 6.47. The van der Waals surface area contributed by atoms with E-state index in [1.54, 1.807) is 0 Å². The number of halogens is 1. The van der Waals surface area contributed by atoms with Gasteiger partial charge in [0.2, 0.25) is 0 Å². The first-order chi connectivity index (χ1) is 8.54. The highest BCUT2D eigenvalue weighted by Crippen LogP contribution is 2.26. The van der Waals surface area contributed by atoms with Gasteiger partial charge in [-0.2, -0.15) is 0 Å². The molecular weight excluding hydrogens is 248 g/mol. The smallest absolute Gasteiger partial charge is 0.0642 e. The van der Waals surface area contributed by atoms with Gasteiger partial charge < -0.3 is 15.3 Å². The molecule has 102 valence electrons. The number of rotatable bonds is 7. The van der Waals surface area contributed by atoms with Gasteiger partial charge in [0.25, 0.3) is 0 Å². The van der Waals surface area contributed by atoms with Crippen LogP contribution in [0.3, 0.4) is 0 Å². The summed E-state index contributed by atoms with van der Waals surface area (Å²) in [7, 11) is 1.99. The molecule has 0 amide bonds. The molecule has 0 atom stereocenters. The molecule has 4 heteroatoms. The highest BCUT2D eigenvalue weighted by molar-refractivity contribution is 6.33. The maximum absolute atomic E-state index is 8.83. The van der Waals surface area contributed by atoms with Gasteiger partial charge in [-0.3, -0.25) is 0 Å². The number of hydrogen-bond acceptors (Lipinski definition) is 3. The minimum Gasteiger partial charge on any atom is -0.396 e. The Morgan fingerprint density at radius 3 is 2.67 bits per heavy atom. The van der Waals surface area contributed by atoms with E-state index in [0.717, 1.165) is 30.2 Å². The number of nitrogens with one attached hydrogen (secondary N) is 1. The van der Waals surface area contributed by atoms with Crippen LogP contribution < -0.4 is 10.2 Å². The molecular formula is C14H23ClN2O. The second-order valence-electron chi connectivity index (χ2n) is 4.82. The van der Waals surface area contributed by atoms with E-state index in [1.807, 2.05) is 19.2 Å². The molecule has 2 N–H and O–H groups in total. The van der Waals surface area contributed by atoms with E-state index in [4.69, 9.17) is 16.7 Å². The third-order valence-corrected chi connectivity index (χ3v) is 3.09. The molecule has 0 aromatic heterocycles. The topological polar surface area (TPSA) is 35.5 Å². The van der Waals surface area contributed by atoms with Crippen molar-refractivity contribution in [3.05, 3.63) is 28.8 Å². The summed E-state index contributed by atoms with van der Waals surface area (Å²) in [6, 6.07) is 6.60. The number of hydrogen-bond donors (Lipinski definition) is 2. The van der Waals surface area contributed by atoms with Gasteiger partial charge in [0.05, 0.1) is 10.7 Å². The van der Waals surface area contributed by atoms with E-state index in [9.17, 15) is 0 Å². The predicted molar refractivity (Wildman–Crippen MR) is 78.4 cm³/mol. The normalized spacial score (nSPS) is 11.0. The lowest BCUT2D eigenvalue weighted by Crippen LogP contribution is -2.22. The highest BCUT2D eigenvalue weighted by atomic mass is 35.5. The number of aliphatic hydroxyl groups is 1. The van der Waals surface area contributed by atoms with Crippen LogP contribution >= 0.6 is 11.6 Å². The zero-order valence-corrected chi connectivity index (χ0v) is 12.2. The first-order valence-corrected chi connectivity index (χ1v) is 6.76. The van der Waals surface area contributed by atoms with E-state index in [-0.39, 0.29) is 6.61 Å². The highest BCUT2D eigenvalue weighted by Gasteiger charge is 2.06. The summed E-state index contributed by atoms with van der Waals surface area (Å²) >= 11 is 6.29. The van der Waals surface area contributed by atoms with Crippen LogP contribution in [0.25, 0.3) is 0 Å². The molecule has 3 nitrogen and oxygen atoms in total. The van der Waals surface area contributed by atoms with Gasteiger partial charge in [0.15, 0.2) is 0 Å². The van der Waals surface area contributed by atoms with Gasteiger partial charge in [-0.15, -0.1) is 0 Å². The summed E-state index contributed by atoms with van der Waals surface area (Å²) in [6.07, 6.45) is 0.753. The molecule has 0 saturated carbocycles. The first-order valence-electron chi connectivity index (χ1n) is 6.38.